The van der Waals surface area contributed by atoms with Crippen LogP contribution in [-0.4, -0.2) is 14.1 Å². The van der Waals surface area contributed by atoms with Gasteiger partial charge in [0.05, 0.1) is 14.1 Å². The summed E-state index contributed by atoms with van der Waals surface area (Å²) in [6.45, 7) is 0. The summed E-state index contributed by atoms with van der Waals surface area (Å²) in [5, 5.41) is 0. The maximum absolute atomic E-state index is 3.17. The highest BCUT2D eigenvalue weighted by Gasteiger charge is 1.97. The molecule has 0 heterocycles. The van der Waals surface area contributed by atoms with Crippen molar-refractivity contribution in [1.29, 1.82) is 0 Å². The zero-order valence-electron chi connectivity index (χ0n) is 10.2. The van der Waals surface area contributed by atoms with E-state index in [1.54, 1.807) is 0 Å². The molecule has 2 aromatic rings. The molecular formula is C16H16N+. The fourth-order valence-corrected chi connectivity index (χ4v) is 1.55. The Kier molecular flexibility index (Phi) is 3.59. The molecule has 0 spiro atoms. The van der Waals surface area contributed by atoms with Gasteiger partial charge in [-0.15, -0.1) is 0 Å². The van der Waals surface area contributed by atoms with Crippen molar-refractivity contribution in [1.82, 2.24) is 0 Å². The van der Waals surface area contributed by atoms with Crippen LogP contribution in [-0.2, 0) is 0 Å². The molecule has 17 heavy (non-hydrogen) atoms. The van der Waals surface area contributed by atoms with Crippen LogP contribution < -0.4 is 4.90 Å². The number of quaternary nitrogens is 1. The van der Waals surface area contributed by atoms with Crippen LogP contribution in [0.15, 0.2) is 54.6 Å². The van der Waals surface area contributed by atoms with Gasteiger partial charge >= 0.3 is 0 Å². The summed E-state index contributed by atoms with van der Waals surface area (Å²) in [7, 11) is 4.23. The summed E-state index contributed by atoms with van der Waals surface area (Å²) in [6.07, 6.45) is 0. The molecule has 0 saturated heterocycles. The largest absolute Gasteiger partial charge is 0.307 e. The maximum atomic E-state index is 3.17. The summed E-state index contributed by atoms with van der Waals surface area (Å²) >= 11 is 0. The molecule has 0 amide bonds. The Morgan fingerprint density at radius 3 is 1.76 bits per heavy atom. The Hall–Kier alpha value is -2.04. The van der Waals surface area contributed by atoms with E-state index in [0.29, 0.717) is 0 Å². The Morgan fingerprint density at radius 1 is 0.706 bits per heavy atom. The lowest BCUT2D eigenvalue weighted by Gasteiger charge is -2.05. The molecule has 0 aliphatic carbocycles. The summed E-state index contributed by atoms with van der Waals surface area (Å²) < 4.78 is 0. The van der Waals surface area contributed by atoms with E-state index >= 15 is 0 Å². The monoisotopic (exact) mass is 222 g/mol. The Balaban J connectivity index is 2.17. The molecule has 2 rings (SSSR count). The highest BCUT2D eigenvalue weighted by molar-refractivity contribution is 5.45. The molecule has 0 unspecified atom stereocenters. The van der Waals surface area contributed by atoms with Crippen molar-refractivity contribution < 1.29 is 4.90 Å². The highest BCUT2D eigenvalue weighted by atomic mass is 15.1. The van der Waals surface area contributed by atoms with Crippen LogP contribution in [0, 0.1) is 11.8 Å². The second-order valence-corrected chi connectivity index (χ2v) is 4.19. The lowest BCUT2D eigenvalue weighted by Crippen LogP contribution is -3.00. The summed E-state index contributed by atoms with van der Waals surface area (Å²) in [4.78, 5) is 1.33. The van der Waals surface area contributed by atoms with E-state index in [0.717, 1.165) is 11.1 Å². The van der Waals surface area contributed by atoms with Gasteiger partial charge in [0.1, 0.15) is 5.69 Å². The first-order chi connectivity index (χ1) is 8.25. The molecule has 0 radical (unpaired) electrons. The Bertz CT molecular complexity index is 527. The molecule has 1 nitrogen and oxygen atoms in total. The number of nitrogens with one attached hydrogen (secondary N) is 1. The molecule has 1 heteroatoms. The zero-order chi connectivity index (χ0) is 12.1. The summed E-state index contributed by atoms with van der Waals surface area (Å²) in [5.41, 5.74) is 3.38. The van der Waals surface area contributed by atoms with Gasteiger partial charge in [-0.2, -0.15) is 0 Å². The van der Waals surface area contributed by atoms with E-state index in [2.05, 4.69) is 50.2 Å². The number of hydrogen-bond acceptors (Lipinski definition) is 0. The SMILES string of the molecule is C[NH+](C)c1ccc(C#Cc2ccccc2)cc1. The standard InChI is InChI=1S/C16H15N/c1-17(2)16-12-10-15(11-13-16)9-8-14-6-4-3-5-7-14/h3-7,10-13H,1-2H3/p+1. The minimum atomic E-state index is 1.05. The molecule has 0 bridgehead atoms. The van der Waals surface area contributed by atoms with E-state index in [1.165, 1.54) is 10.6 Å². The first-order valence-electron chi connectivity index (χ1n) is 5.73. The van der Waals surface area contributed by atoms with Crippen LogP contribution in [0.3, 0.4) is 0 Å². The number of benzene rings is 2. The first-order valence-corrected chi connectivity index (χ1v) is 5.73. The molecule has 0 aromatic heterocycles. The van der Waals surface area contributed by atoms with Crippen molar-refractivity contribution in [3.63, 3.8) is 0 Å². The van der Waals surface area contributed by atoms with Gasteiger partial charge in [0, 0.05) is 23.3 Å². The van der Waals surface area contributed by atoms with E-state index in [1.807, 2.05) is 30.3 Å². The predicted molar refractivity (Wildman–Crippen MR) is 71.3 cm³/mol. The molecule has 1 N–H and O–H groups in total. The van der Waals surface area contributed by atoms with E-state index in [9.17, 15) is 0 Å². The average molecular weight is 222 g/mol. The van der Waals surface area contributed by atoms with Crippen LogP contribution in [0.4, 0.5) is 5.69 Å². The summed E-state index contributed by atoms with van der Waals surface area (Å²) in [6, 6.07) is 18.4. The molecule has 0 aliphatic rings. The van der Waals surface area contributed by atoms with Crippen molar-refractivity contribution in [2.45, 2.75) is 0 Å². The van der Waals surface area contributed by atoms with E-state index < -0.39 is 0 Å². The van der Waals surface area contributed by atoms with E-state index in [-0.39, 0.29) is 0 Å². The van der Waals surface area contributed by atoms with Gasteiger partial charge in [0.15, 0.2) is 0 Å². The van der Waals surface area contributed by atoms with Crippen LogP contribution in [0.25, 0.3) is 0 Å². The van der Waals surface area contributed by atoms with Gasteiger partial charge in [0.25, 0.3) is 0 Å². The van der Waals surface area contributed by atoms with Crippen molar-refractivity contribution >= 4 is 5.69 Å². The highest BCUT2D eigenvalue weighted by Crippen LogP contribution is 2.04. The minimum absolute atomic E-state index is 1.05. The quantitative estimate of drug-likeness (QED) is 0.703. The van der Waals surface area contributed by atoms with Gasteiger partial charge in [-0.05, 0) is 24.3 Å². The maximum Gasteiger partial charge on any atom is 0.130 e. The zero-order valence-corrected chi connectivity index (χ0v) is 10.2. The minimum Gasteiger partial charge on any atom is -0.307 e. The van der Waals surface area contributed by atoms with Gasteiger partial charge < -0.3 is 4.90 Å². The second kappa shape index (κ2) is 5.34. The predicted octanol–water partition coefficient (Wildman–Crippen LogP) is 1.86. The first kappa shape index (κ1) is 11.4. The molecule has 84 valence electrons. The van der Waals surface area contributed by atoms with Crippen LogP contribution in [0.1, 0.15) is 11.1 Å². The van der Waals surface area contributed by atoms with Crippen molar-refractivity contribution in [3.8, 4) is 11.8 Å². The van der Waals surface area contributed by atoms with Gasteiger partial charge in [-0.3, -0.25) is 0 Å². The molecule has 0 saturated carbocycles. The van der Waals surface area contributed by atoms with Gasteiger partial charge in [-0.1, -0.05) is 30.0 Å². The fourth-order valence-electron chi connectivity index (χ4n) is 1.55. The number of hydrogen-bond donors (Lipinski definition) is 1. The second-order valence-electron chi connectivity index (χ2n) is 4.19. The van der Waals surface area contributed by atoms with Crippen LogP contribution >= 0.6 is 0 Å². The van der Waals surface area contributed by atoms with Crippen LogP contribution in [0.5, 0.6) is 0 Å². The summed E-state index contributed by atoms with van der Waals surface area (Å²) in [5.74, 6) is 6.32. The third kappa shape index (κ3) is 3.21. The van der Waals surface area contributed by atoms with Gasteiger partial charge in [-0.25, -0.2) is 0 Å². The molecule has 0 atom stereocenters. The normalized spacial score (nSPS) is 9.82. The smallest absolute Gasteiger partial charge is 0.130 e. The molecular weight excluding hydrogens is 206 g/mol. The van der Waals surface area contributed by atoms with Crippen molar-refractivity contribution in [2.75, 3.05) is 14.1 Å². The molecule has 2 aromatic carbocycles. The van der Waals surface area contributed by atoms with Crippen molar-refractivity contribution in [2.24, 2.45) is 0 Å². The third-order valence-corrected chi connectivity index (χ3v) is 2.59. The van der Waals surface area contributed by atoms with Gasteiger partial charge in [0.2, 0.25) is 0 Å². The Morgan fingerprint density at radius 2 is 1.24 bits per heavy atom. The molecule has 0 fully saturated rings. The third-order valence-electron chi connectivity index (χ3n) is 2.59. The van der Waals surface area contributed by atoms with Crippen LogP contribution in [0.2, 0.25) is 0 Å². The fraction of sp³-hybridized carbons (Fsp3) is 0.125. The Labute approximate surface area is 103 Å². The number of rotatable bonds is 1. The average Bonchev–Trinajstić information content (AvgIpc) is 2.38. The lowest BCUT2D eigenvalue weighted by molar-refractivity contribution is -0.786. The van der Waals surface area contributed by atoms with E-state index in [4.69, 9.17) is 0 Å². The lowest BCUT2D eigenvalue weighted by atomic mass is 10.1. The topological polar surface area (TPSA) is 4.44 Å². The molecule has 0 aliphatic heterocycles. The van der Waals surface area contributed by atoms with Crippen molar-refractivity contribution in [3.05, 3.63) is 65.7 Å².